The monoisotopic (exact) mass is 270 g/mol. The third-order valence-corrected chi connectivity index (χ3v) is 3.08. The second-order valence-corrected chi connectivity index (χ2v) is 5.05. The lowest BCUT2D eigenvalue weighted by Crippen LogP contribution is -2.46. The van der Waals surface area contributed by atoms with Crippen LogP contribution in [-0.2, 0) is 16.1 Å². The molecule has 0 aromatic heterocycles. The van der Waals surface area contributed by atoms with Crippen LogP contribution in [0.5, 0.6) is 0 Å². The zero-order chi connectivity index (χ0) is 14.2. The summed E-state index contributed by atoms with van der Waals surface area (Å²) >= 11 is 0. The van der Waals surface area contributed by atoms with E-state index in [0.717, 1.165) is 6.07 Å². The molecule has 1 aromatic carbocycles. The Morgan fingerprint density at radius 2 is 1.89 bits per heavy atom. The van der Waals surface area contributed by atoms with E-state index in [2.05, 4.69) is 5.32 Å². The second kappa shape index (κ2) is 4.86. The number of rotatable bonds is 3. The molecule has 1 N–H and O–H groups in total. The summed E-state index contributed by atoms with van der Waals surface area (Å²) in [5.74, 6) is -1.55. The zero-order valence-electron chi connectivity index (χ0n) is 11.0. The molecule has 2 rings (SSSR count). The largest absolute Gasteiger partial charge is 0.281 e. The number of nitrogens with one attached hydrogen (secondary N) is 1. The van der Waals surface area contributed by atoms with Crippen molar-refractivity contribution < 1.29 is 18.4 Å². The molecule has 1 aliphatic heterocycles. The Balaban J connectivity index is 2.18. The average molecular weight is 270 g/mol. The van der Waals surface area contributed by atoms with Gasteiger partial charge in [-0.05, 0) is 38.0 Å². The Morgan fingerprint density at radius 1 is 1.32 bits per heavy atom. The standard InChI is InChI=1S/C13H16F2N2O2/c1-13(2)16-11(12(18)17(13)19-3)6-8-4-9(14)7-10(15)5-8/h4-5,7,11,16H,6H2,1-3H3/t11-/m0/s1. The summed E-state index contributed by atoms with van der Waals surface area (Å²) < 4.78 is 26.2. The first-order chi connectivity index (χ1) is 8.83. The number of halogens is 2. The van der Waals surface area contributed by atoms with Gasteiger partial charge in [0.25, 0.3) is 5.91 Å². The van der Waals surface area contributed by atoms with Gasteiger partial charge in [-0.2, -0.15) is 0 Å². The maximum absolute atomic E-state index is 13.1. The van der Waals surface area contributed by atoms with Crippen LogP contribution in [0.25, 0.3) is 0 Å². The van der Waals surface area contributed by atoms with E-state index in [0.29, 0.717) is 5.56 Å². The molecule has 1 atom stereocenters. The van der Waals surface area contributed by atoms with Gasteiger partial charge in [-0.25, -0.2) is 13.8 Å². The van der Waals surface area contributed by atoms with Crippen molar-refractivity contribution >= 4 is 5.91 Å². The van der Waals surface area contributed by atoms with Gasteiger partial charge in [-0.15, -0.1) is 0 Å². The molecule has 0 unspecified atom stereocenters. The predicted molar refractivity (Wildman–Crippen MR) is 64.9 cm³/mol. The lowest BCUT2D eigenvalue weighted by Gasteiger charge is -2.28. The first-order valence-electron chi connectivity index (χ1n) is 5.94. The molecule has 1 saturated heterocycles. The third kappa shape index (κ3) is 2.74. The van der Waals surface area contributed by atoms with E-state index >= 15 is 0 Å². The molecule has 19 heavy (non-hydrogen) atoms. The van der Waals surface area contributed by atoms with Gasteiger partial charge in [0.1, 0.15) is 17.3 Å². The fourth-order valence-corrected chi connectivity index (χ4v) is 2.38. The van der Waals surface area contributed by atoms with Gasteiger partial charge >= 0.3 is 0 Å². The zero-order valence-corrected chi connectivity index (χ0v) is 11.0. The van der Waals surface area contributed by atoms with Crippen LogP contribution in [0.2, 0.25) is 0 Å². The summed E-state index contributed by atoms with van der Waals surface area (Å²) in [4.78, 5) is 17.1. The van der Waals surface area contributed by atoms with E-state index in [1.807, 2.05) is 0 Å². The van der Waals surface area contributed by atoms with E-state index in [9.17, 15) is 13.6 Å². The van der Waals surface area contributed by atoms with Gasteiger partial charge in [0.15, 0.2) is 0 Å². The third-order valence-electron chi connectivity index (χ3n) is 3.08. The Hall–Kier alpha value is -1.53. The Kier molecular flexibility index (Phi) is 3.56. The lowest BCUT2D eigenvalue weighted by molar-refractivity contribution is -0.192. The van der Waals surface area contributed by atoms with E-state index < -0.39 is 23.3 Å². The van der Waals surface area contributed by atoms with Crippen molar-refractivity contribution in [1.82, 2.24) is 10.4 Å². The minimum Gasteiger partial charge on any atom is -0.281 e. The molecule has 4 nitrogen and oxygen atoms in total. The van der Waals surface area contributed by atoms with Crippen LogP contribution in [0.1, 0.15) is 19.4 Å². The van der Waals surface area contributed by atoms with Crippen LogP contribution in [0.4, 0.5) is 8.78 Å². The van der Waals surface area contributed by atoms with Crippen LogP contribution < -0.4 is 5.32 Å². The van der Waals surface area contributed by atoms with E-state index in [4.69, 9.17) is 4.84 Å². The predicted octanol–water partition coefficient (Wildman–Crippen LogP) is 1.61. The summed E-state index contributed by atoms with van der Waals surface area (Å²) in [5, 5.41) is 4.30. The minimum atomic E-state index is -0.650. The van der Waals surface area contributed by atoms with Crippen LogP contribution >= 0.6 is 0 Å². The van der Waals surface area contributed by atoms with Gasteiger partial charge < -0.3 is 0 Å². The van der Waals surface area contributed by atoms with Gasteiger partial charge in [0.2, 0.25) is 0 Å². The molecule has 1 fully saturated rings. The summed E-state index contributed by atoms with van der Waals surface area (Å²) in [7, 11) is 1.41. The Labute approximate surface area is 110 Å². The normalized spacial score (nSPS) is 22.1. The maximum atomic E-state index is 13.1. The van der Waals surface area contributed by atoms with Crippen LogP contribution in [-0.4, -0.2) is 29.8 Å². The fourth-order valence-electron chi connectivity index (χ4n) is 2.38. The summed E-state index contributed by atoms with van der Waals surface area (Å²) in [6.45, 7) is 3.58. The average Bonchev–Trinajstić information content (AvgIpc) is 2.47. The molecular formula is C13H16F2N2O2. The van der Waals surface area contributed by atoms with Gasteiger partial charge in [0, 0.05) is 6.07 Å². The summed E-state index contributed by atoms with van der Waals surface area (Å²) in [5.41, 5.74) is -0.223. The van der Waals surface area contributed by atoms with Crippen LogP contribution in [0.15, 0.2) is 18.2 Å². The van der Waals surface area contributed by atoms with Gasteiger partial charge in [0.05, 0.1) is 13.2 Å². The quantitative estimate of drug-likeness (QED) is 0.907. The first-order valence-corrected chi connectivity index (χ1v) is 5.94. The fraction of sp³-hybridized carbons (Fsp3) is 0.462. The number of nitrogens with zero attached hydrogens (tertiary/aromatic N) is 1. The molecule has 0 aliphatic carbocycles. The molecule has 1 aromatic rings. The number of hydrogen-bond donors (Lipinski definition) is 1. The SMILES string of the molecule is CON1C(=O)[C@H](Cc2cc(F)cc(F)c2)NC1(C)C. The summed E-state index contributed by atoms with van der Waals surface area (Å²) in [6.07, 6.45) is 0.205. The smallest absolute Gasteiger partial charge is 0.265 e. The summed E-state index contributed by atoms with van der Waals surface area (Å²) in [6, 6.07) is 2.69. The molecule has 1 heterocycles. The number of benzene rings is 1. The van der Waals surface area contributed by atoms with Crippen LogP contribution in [0, 0.1) is 11.6 Å². The number of hydroxylamine groups is 2. The van der Waals surface area contributed by atoms with Crippen molar-refractivity contribution in [2.75, 3.05) is 7.11 Å². The molecule has 6 heteroatoms. The number of hydrogen-bond acceptors (Lipinski definition) is 3. The molecule has 1 amide bonds. The highest BCUT2D eigenvalue weighted by Gasteiger charge is 2.45. The minimum absolute atomic E-state index is 0.205. The van der Waals surface area contributed by atoms with E-state index in [1.54, 1.807) is 13.8 Å². The second-order valence-electron chi connectivity index (χ2n) is 5.05. The Morgan fingerprint density at radius 3 is 2.37 bits per heavy atom. The highest BCUT2D eigenvalue weighted by atomic mass is 19.1. The number of carbonyl (C=O) groups excluding carboxylic acids is 1. The Bertz CT molecular complexity index is 485. The number of amides is 1. The van der Waals surface area contributed by atoms with Crippen molar-refractivity contribution in [3.8, 4) is 0 Å². The maximum Gasteiger partial charge on any atom is 0.265 e. The highest BCUT2D eigenvalue weighted by molar-refractivity contribution is 5.84. The molecule has 0 radical (unpaired) electrons. The van der Waals surface area contributed by atoms with Crippen molar-refractivity contribution in [2.24, 2.45) is 0 Å². The van der Waals surface area contributed by atoms with E-state index in [-0.39, 0.29) is 12.3 Å². The molecule has 104 valence electrons. The lowest BCUT2D eigenvalue weighted by atomic mass is 10.1. The molecule has 1 aliphatic rings. The molecule has 0 spiro atoms. The van der Waals surface area contributed by atoms with Gasteiger partial charge in [-0.3, -0.25) is 14.9 Å². The van der Waals surface area contributed by atoms with Crippen molar-refractivity contribution in [3.63, 3.8) is 0 Å². The van der Waals surface area contributed by atoms with Crippen molar-refractivity contribution in [3.05, 3.63) is 35.4 Å². The topological polar surface area (TPSA) is 41.6 Å². The molecule has 0 saturated carbocycles. The van der Waals surface area contributed by atoms with Crippen LogP contribution in [0.3, 0.4) is 0 Å². The molecule has 0 bridgehead atoms. The number of carbonyl (C=O) groups is 1. The van der Waals surface area contributed by atoms with Crippen molar-refractivity contribution in [1.29, 1.82) is 0 Å². The first kappa shape index (κ1) is 13.9. The molecular weight excluding hydrogens is 254 g/mol. The van der Waals surface area contributed by atoms with E-state index in [1.165, 1.54) is 24.3 Å². The highest BCUT2D eigenvalue weighted by Crippen LogP contribution is 2.23. The van der Waals surface area contributed by atoms with Gasteiger partial charge in [-0.1, -0.05) is 0 Å². The van der Waals surface area contributed by atoms with Crippen molar-refractivity contribution in [2.45, 2.75) is 32.0 Å².